The molecule has 2 N–H and O–H groups in total. The van der Waals surface area contributed by atoms with E-state index in [1.807, 2.05) is 0 Å². The summed E-state index contributed by atoms with van der Waals surface area (Å²) < 4.78 is -1.10. The van der Waals surface area contributed by atoms with Crippen molar-refractivity contribution in [2.24, 2.45) is 5.92 Å². The van der Waals surface area contributed by atoms with Gasteiger partial charge in [0.25, 0.3) is 0 Å². The molecule has 1 aliphatic rings. The van der Waals surface area contributed by atoms with Crippen molar-refractivity contribution in [3.63, 3.8) is 0 Å². The second kappa shape index (κ2) is 2.81. The SMILES string of the molecule is O=C(O)CCC1C(O)C1(Cl)Cl. The Labute approximate surface area is 73.9 Å². The highest BCUT2D eigenvalue weighted by Gasteiger charge is 2.62. The third-order valence-electron chi connectivity index (χ3n) is 1.83. The summed E-state index contributed by atoms with van der Waals surface area (Å²) in [4.78, 5) is 10.1. The molecule has 5 heteroatoms. The van der Waals surface area contributed by atoms with E-state index in [9.17, 15) is 4.79 Å². The fourth-order valence-electron chi connectivity index (χ4n) is 1.00. The van der Waals surface area contributed by atoms with Gasteiger partial charge in [0.1, 0.15) is 4.33 Å². The highest BCUT2D eigenvalue weighted by atomic mass is 35.5. The van der Waals surface area contributed by atoms with Crippen molar-refractivity contribution in [1.29, 1.82) is 0 Å². The molecule has 0 heterocycles. The Kier molecular flexibility index (Phi) is 2.32. The van der Waals surface area contributed by atoms with Crippen molar-refractivity contribution in [1.82, 2.24) is 0 Å². The zero-order chi connectivity index (χ0) is 8.65. The fourth-order valence-corrected chi connectivity index (χ4v) is 1.64. The molecule has 11 heavy (non-hydrogen) atoms. The van der Waals surface area contributed by atoms with E-state index in [1.54, 1.807) is 0 Å². The molecule has 1 aliphatic carbocycles. The summed E-state index contributed by atoms with van der Waals surface area (Å²) in [6.07, 6.45) is -0.419. The van der Waals surface area contributed by atoms with E-state index in [1.165, 1.54) is 0 Å². The van der Waals surface area contributed by atoms with Crippen LogP contribution >= 0.6 is 23.2 Å². The zero-order valence-electron chi connectivity index (χ0n) is 5.63. The minimum atomic E-state index is -1.10. The molecular formula is C6H8Cl2O3. The summed E-state index contributed by atoms with van der Waals surface area (Å²) in [5, 5.41) is 17.3. The topological polar surface area (TPSA) is 57.5 Å². The lowest BCUT2D eigenvalue weighted by atomic mass is 10.2. The normalized spacial score (nSPS) is 33.4. The van der Waals surface area contributed by atoms with Crippen molar-refractivity contribution in [2.45, 2.75) is 23.3 Å². The number of aliphatic carboxylic acids is 1. The maximum absolute atomic E-state index is 10.1. The molecule has 1 rings (SSSR count). The Morgan fingerprint density at radius 2 is 2.00 bits per heavy atom. The maximum Gasteiger partial charge on any atom is 0.303 e. The Morgan fingerprint density at radius 3 is 2.27 bits per heavy atom. The van der Waals surface area contributed by atoms with Crippen LogP contribution in [0.4, 0.5) is 0 Å². The summed E-state index contributed by atoms with van der Waals surface area (Å²) in [6, 6.07) is 0. The highest BCUT2D eigenvalue weighted by Crippen LogP contribution is 2.55. The quantitative estimate of drug-likeness (QED) is 0.667. The molecule has 3 nitrogen and oxygen atoms in total. The van der Waals surface area contributed by atoms with Crippen LogP contribution in [0.3, 0.4) is 0 Å². The minimum Gasteiger partial charge on any atom is -0.481 e. The van der Waals surface area contributed by atoms with E-state index in [2.05, 4.69) is 0 Å². The van der Waals surface area contributed by atoms with Gasteiger partial charge in [0.2, 0.25) is 0 Å². The summed E-state index contributed by atoms with van der Waals surface area (Å²) in [5.41, 5.74) is 0. The number of alkyl halides is 2. The molecule has 0 saturated heterocycles. The monoisotopic (exact) mass is 198 g/mol. The van der Waals surface area contributed by atoms with Gasteiger partial charge in [0, 0.05) is 12.3 Å². The predicted octanol–water partition coefficient (Wildman–Crippen LogP) is 1.02. The lowest BCUT2D eigenvalue weighted by Crippen LogP contribution is -1.97. The van der Waals surface area contributed by atoms with Crippen LogP contribution in [-0.4, -0.2) is 26.6 Å². The van der Waals surface area contributed by atoms with Crippen LogP contribution in [0, 0.1) is 5.92 Å². The molecule has 2 unspecified atom stereocenters. The molecule has 0 aromatic rings. The van der Waals surface area contributed by atoms with Gasteiger partial charge in [0.05, 0.1) is 6.10 Å². The lowest BCUT2D eigenvalue weighted by molar-refractivity contribution is -0.137. The predicted molar refractivity (Wildman–Crippen MR) is 40.8 cm³/mol. The second-order valence-corrected chi connectivity index (χ2v) is 4.10. The van der Waals surface area contributed by atoms with E-state index in [-0.39, 0.29) is 12.3 Å². The summed E-state index contributed by atoms with van der Waals surface area (Å²) in [6.45, 7) is 0. The molecule has 0 aromatic heterocycles. The van der Waals surface area contributed by atoms with E-state index in [0.29, 0.717) is 6.42 Å². The molecule has 0 radical (unpaired) electrons. The van der Waals surface area contributed by atoms with Gasteiger partial charge < -0.3 is 10.2 Å². The highest BCUT2D eigenvalue weighted by molar-refractivity contribution is 6.51. The molecule has 0 aromatic carbocycles. The van der Waals surface area contributed by atoms with Crippen LogP contribution in [0.1, 0.15) is 12.8 Å². The molecule has 1 saturated carbocycles. The Balaban J connectivity index is 2.27. The van der Waals surface area contributed by atoms with E-state index in [4.69, 9.17) is 33.4 Å². The number of hydrogen-bond donors (Lipinski definition) is 2. The maximum atomic E-state index is 10.1. The Hall–Kier alpha value is 0.01000. The average molecular weight is 199 g/mol. The third kappa shape index (κ3) is 1.78. The standard InChI is InChI=1S/C6H8Cl2O3/c7-6(8)3(5(6)11)1-2-4(9)10/h3,5,11H,1-2H2,(H,9,10). The minimum absolute atomic E-state index is 0.00289. The zero-order valence-corrected chi connectivity index (χ0v) is 7.14. The number of carboxylic acids is 1. The number of aliphatic hydroxyl groups is 1. The van der Waals surface area contributed by atoms with Gasteiger partial charge in [-0.2, -0.15) is 0 Å². The van der Waals surface area contributed by atoms with Gasteiger partial charge >= 0.3 is 5.97 Å². The van der Waals surface area contributed by atoms with Crippen molar-refractivity contribution in [2.75, 3.05) is 0 Å². The van der Waals surface area contributed by atoms with Gasteiger partial charge in [-0.25, -0.2) is 0 Å². The number of rotatable bonds is 3. The lowest BCUT2D eigenvalue weighted by Gasteiger charge is -1.93. The summed E-state index contributed by atoms with van der Waals surface area (Å²) in [5.74, 6) is -1.17. The smallest absolute Gasteiger partial charge is 0.303 e. The van der Waals surface area contributed by atoms with Crippen molar-refractivity contribution >= 4 is 29.2 Å². The number of carbonyl (C=O) groups is 1. The second-order valence-electron chi connectivity index (χ2n) is 2.66. The van der Waals surface area contributed by atoms with E-state index < -0.39 is 16.4 Å². The fraction of sp³-hybridized carbons (Fsp3) is 0.833. The van der Waals surface area contributed by atoms with Crippen LogP contribution < -0.4 is 0 Å². The first-order valence-corrected chi connectivity index (χ1v) is 3.99. The van der Waals surface area contributed by atoms with Crippen LogP contribution in [-0.2, 0) is 4.79 Å². The number of aliphatic hydroxyl groups excluding tert-OH is 1. The van der Waals surface area contributed by atoms with Crippen LogP contribution in [0.15, 0.2) is 0 Å². The van der Waals surface area contributed by atoms with Crippen molar-refractivity contribution < 1.29 is 15.0 Å². The average Bonchev–Trinajstić information content (AvgIpc) is 2.30. The molecular weight excluding hydrogens is 191 g/mol. The van der Waals surface area contributed by atoms with Crippen LogP contribution in [0.2, 0.25) is 0 Å². The van der Waals surface area contributed by atoms with Gasteiger partial charge in [-0.1, -0.05) is 23.2 Å². The van der Waals surface area contributed by atoms with Crippen molar-refractivity contribution in [3.05, 3.63) is 0 Å². The molecule has 0 bridgehead atoms. The Morgan fingerprint density at radius 1 is 1.55 bits per heavy atom. The molecule has 0 amide bonds. The van der Waals surface area contributed by atoms with E-state index >= 15 is 0 Å². The van der Waals surface area contributed by atoms with Crippen LogP contribution in [0.5, 0.6) is 0 Å². The van der Waals surface area contributed by atoms with Gasteiger partial charge in [-0.05, 0) is 6.42 Å². The first kappa shape index (κ1) is 9.10. The molecule has 2 atom stereocenters. The van der Waals surface area contributed by atoms with Gasteiger partial charge in [0.15, 0.2) is 0 Å². The molecule has 0 spiro atoms. The summed E-state index contributed by atoms with van der Waals surface area (Å²) in [7, 11) is 0. The molecule has 0 aliphatic heterocycles. The van der Waals surface area contributed by atoms with Crippen molar-refractivity contribution in [3.8, 4) is 0 Å². The van der Waals surface area contributed by atoms with Crippen LogP contribution in [0.25, 0.3) is 0 Å². The first-order valence-electron chi connectivity index (χ1n) is 3.24. The largest absolute Gasteiger partial charge is 0.481 e. The molecule has 64 valence electrons. The van der Waals surface area contributed by atoms with Gasteiger partial charge in [-0.3, -0.25) is 4.79 Å². The number of halogens is 2. The van der Waals surface area contributed by atoms with Gasteiger partial charge in [-0.15, -0.1) is 0 Å². The number of carboxylic acid groups (broad SMARTS) is 1. The molecule has 1 fully saturated rings. The first-order chi connectivity index (χ1) is 4.96. The summed E-state index contributed by atoms with van der Waals surface area (Å²) >= 11 is 11.1. The Bertz CT molecular complexity index is 181. The third-order valence-corrected chi connectivity index (χ3v) is 2.84. The number of hydrogen-bond acceptors (Lipinski definition) is 2. The van der Waals surface area contributed by atoms with E-state index in [0.717, 1.165) is 0 Å².